The second kappa shape index (κ2) is 6.09. The van der Waals surface area contributed by atoms with E-state index in [1.165, 1.54) is 5.56 Å². The lowest BCUT2D eigenvalue weighted by Gasteiger charge is -2.19. The van der Waals surface area contributed by atoms with Crippen molar-refractivity contribution < 1.29 is 9.26 Å². The summed E-state index contributed by atoms with van der Waals surface area (Å²) in [5.41, 5.74) is 2.25. The molecule has 1 aromatic carbocycles. The average Bonchev–Trinajstić information content (AvgIpc) is 2.84. The lowest BCUT2D eigenvalue weighted by atomic mass is 9.87. The fraction of sp³-hybridized carbons (Fsp3) is 0.438. The summed E-state index contributed by atoms with van der Waals surface area (Å²) in [5.74, 6) is 1.58. The Hall–Kier alpha value is -1.81. The second-order valence-corrected chi connectivity index (χ2v) is 5.88. The Bertz CT molecular complexity index is 556. The molecule has 0 aliphatic rings. The predicted molar refractivity (Wildman–Crippen MR) is 78.7 cm³/mol. The number of nitrogens with zero attached hydrogens (tertiary/aromatic N) is 1. The Morgan fingerprint density at radius 2 is 2.05 bits per heavy atom. The molecule has 0 aliphatic carbocycles. The molecule has 2 rings (SSSR count). The zero-order valence-corrected chi connectivity index (χ0v) is 12.6. The van der Waals surface area contributed by atoms with Gasteiger partial charge < -0.3 is 14.6 Å². The van der Waals surface area contributed by atoms with E-state index in [-0.39, 0.29) is 5.41 Å². The first-order chi connectivity index (χ1) is 9.49. The summed E-state index contributed by atoms with van der Waals surface area (Å²) >= 11 is 0. The minimum atomic E-state index is 0.117. The van der Waals surface area contributed by atoms with Gasteiger partial charge in [0.15, 0.2) is 5.76 Å². The smallest absolute Gasteiger partial charge is 0.174 e. The second-order valence-electron chi connectivity index (χ2n) is 5.88. The Kier molecular flexibility index (Phi) is 4.45. The van der Waals surface area contributed by atoms with E-state index >= 15 is 0 Å². The molecule has 0 saturated heterocycles. The molecule has 20 heavy (non-hydrogen) atoms. The fourth-order valence-corrected chi connectivity index (χ4v) is 1.90. The van der Waals surface area contributed by atoms with Crippen molar-refractivity contribution in [3.63, 3.8) is 0 Å². The molecule has 0 unspecified atom stereocenters. The van der Waals surface area contributed by atoms with Gasteiger partial charge in [0.25, 0.3) is 0 Å². The molecule has 0 amide bonds. The summed E-state index contributed by atoms with van der Waals surface area (Å²) in [7, 11) is 1.88. The highest BCUT2D eigenvalue weighted by molar-refractivity contribution is 5.32. The molecule has 0 spiro atoms. The lowest BCUT2D eigenvalue weighted by molar-refractivity contribution is 0.248. The number of ether oxygens (including phenoxy) is 1. The number of rotatable bonds is 5. The molecule has 2 aromatic rings. The van der Waals surface area contributed by atoms with Crippen LogP contribution in [-0.2, 0) is 18.6 Å². The Labute approximate surface area is 120 Å². The summed E-state index contributed by atoms with van der Waals surface area (Å²) in [4.78, 5) is 0. The van der Waals surface area contributed by atoms with Crippen molar-refractivity contribution in [1.82, 2.24) is 10.5 Å². The van der Waals surface area contributed by atoms with Crippen LogP contribution in [0.1, 0.15) is 37.8 Å². The maximum Gasteiger partial charge on any atom is 0.174 e. The first-order valence-corrected chi connectivity index (χ1v) is 6.81. The zero-order valence-electron chi connectivity index (χ0n) is 12.6. The largest absolute Gasteiger partial charge is 0.486 e. The van der Waals surface area contributed by atoms with Crippen LogP contribution in [0.5, 0.6) is 5.75 Å². The predicted octanol–water partition coefficient (Wildman–Crippen LogP) is 3.27. The van der Waals surface area contributed by atoms with Crippen LogP contribution in [0, 0.1) is 0 Å². The van der Waals surface area contributed by atoms with Gasteiger partial charge in [-0.15, -0.1) is 0 Å². The molecule has 0 saturated carbocycles. The summed E-state index contributed by atoms with van der Waals surface area (Å²) < 4.78 is 11.0. The maximum absolute atomic E-state index is 5.77. The molecule has 4 heteroatoms. The monoisotopic (exact) mass is 274 g/mol. The number of nitrogens with one attached hydrogen (secondary N) is 1. The Morgan fingerprint density at radius 1 is 1.25 bits per heavy atom. The summed E-state index contributed by atoms with van der Waals surface area (Å²) in [6.07, 6.45) is 0. The zero-order chi connectivity index (χ0) is 14.6. The van der Waals surface area contributed by atoms with Crippen molar-refractivity contribution in [2.75, 3.05) is 7.05 Å². The van der Waals surface area contributed by atoms with Gasteiger partial charge in [0.05, 0.1) is 5.69 Å². The number of hydrogen-bond acceptors (Lipinski definition) is 4. The van der Waals surface area contributed by atoms with Gasteiger partial charge in [0.1, 0.15) is 12.4 Å². The molecule has 4 nitrogen and oxygen atoms in total. The van der Waals surface area contributed by atoms with Crippen molar-refractivity contribution >= 4 is 0 Å². The van der Waals surface area contributed by atoms with Gasteiger partial charge in [-0.3, -0.25) is 0 Å². The van der Waals surface area contributed by atoms with Crippen LogP contribution < -0.4 is 10.1 Å². The van der Waals surface area contributed by atoms with Crippen LogP contribution in [0.3, 0.4) is 0 Å². The molecular formula is C16H22N2O2. The number of hydrogen-bond donors (Lipinski definition) is 1. The SMILES string of the molecule is CNCc1cc(COc2cccc(C(C)(C)C)c2)on1. The molecule has 0 fully saturated rings. The minimum absolute atomic E-state index is 0.117. The van der Waals surface area contributed by atoms with Gasteiger partial charge in [-0.05, 0) is 30.2 Å². The first-order valence-electron chi connectivity index (χ1n) is 6.81. The molecule has 108 valence electrons. The average molecular weight is 274 g/mol. The Morgan fingerprint density at radius 3 is 2.75 bits per heavy atom. The highest BCUT2D eigenvalue weighted by atomic mass is 16.5. The van der Waals surface area contributed by atoms with Gasteiger partial charge in [-0.2, -0.15) is 0 Å². The minimum Gasteiger partial charge on any atom is -0.486 e. The van der Waals surface area contributed by atoms with Crippen molar-refractivity contribution in [1.29, 1.82) is 0 Å². The third-order valence-electron chi connectivity index (χ3n) is 3.05. The number of aromatic nitrogens is 1. The van der Waals surface area contributed by atoms with Gasteiger partial charge in [0, 0.05) is 12.6 Å². The van der Waals surface area contributed by atoms with Crippen LogP contribution in [0.25, 0.3) is 0 Å². The van der Waals surface area contributed by atoms with Gasteiger partial charge >= 0.3 is 0 Å². The van der Waals surface area contributed by atoms with Crippen molar-refractivity contribution in [3.05, 3.63) is 47.3 Å². The maximum atomic E-state index is 5.77. The van der Waals surface area contributed by atoms with Gasteiger partial charge in [-0.25, -0.2) is 0 Å². The molecule has 0 atom stereocenters. The third kappa shape index (κ3) is 3.84. The summed E-state index contributed by atoms with van der Waals surface area (Å²) in [6, 6.07) is 10.1. The lowest BCUT2D eigenvalue weighted by Crippen LogP contribution is -2.10. The molecule has 1 heterocycles. The summed E-state index contributed by atoms with van der Waals surface area (Å²) in [6.45, 7) is 7.65. The van der Waals surface area contributed by atoms with Crippen molar-refractivity contribution in [2.45, 2.75) is 39.3 Å². The van der Waals surface area contributed by atoms with Gasteiger partial charge in [-0.1, -0.05) is 38.1 Å². The van der Waals surface area contributed by atoms with Crippen LogP contribution in [0.4, 0.5) is 0 Å². The molecule has 1 aromatic heterocycles. The van der Waals surface area contributed by atoms with Crippen LogP contribution >= 0.6 is 0 Å². The van der Waals surface area contributed by atoms with E-state index in [1.807, 2.05) is 25.2 Å². The van der Waals surface area contributed by atoms with Crippen molar-refractivity contribution in [2.24, 2.45) is 0 Å². The fourth-order valence-electron chi connectivity index (χ4n) is 1.90. The van der Waals surface area contributed by atoms with E-state index in [1.54, 1.807) is 0 Å². The molecular weight excluding hydrogens is 252 g/mol. The summed E-state index contributed by atoms with van der Waals surface area (Å²) in [5, 5.41) is 6.99. The van der Waals surface area contributed by atoms with E-state index in [4.69, 9.17) is 9.26 Å². The standard InChI is InChI=1S/C16H22N2O2/c1-16(2,3)12-6-5-7-14(8-12)19-11-15-9-13(10-17-4)18-20-15/h5-9,17H,10-11H2,1-4H3. The molecule has 0 radical (unpaired) electrons. The van der Waals surface area contributed by atoms with E-state index in [9.17, 15) is 0 Å². The quantitative estimate of drug-likeness (QED) is 0.909. The molecule has 0 bridgehead atoms. The van der Waals surface area contributed by atoms with E-state index in [0.717, 1.165) is 17.2 Å². The highest BCUT2D eigenvalue weighted by Crippen LogP contribution is 2.26. The molecule has 1 N–H and O–H groups in total. The third-order valence-corrected chi connectivity index (χ3v) is 3.05. The van der Waals surface area contributed by atoms with E-state index in [2.05, 4.69) is 43.4 Å². The molecule has 0 aliphatic heterocycles. The van der Waals surface area contributed by atoms with Crippen LogP contribution in [0.15, 0.2) is 34.9 Å². The van der Waals surface area contributed by atoms with E-state index in [0.29, 0.717) is 13.2 Å². The Balaban J connectivity index is 1.99. The van der Waals surface area contributed by atoms with Crippen molar-refractivity contribution in [3.8, 4) is 5.75 Å². The van der Waals surface area contributed by atoms with E-state index < -0.39 is 0 Å². The highest BCUT2D eigenvalue weighted by Gasteiger charge is 2.14. The first kappa shape index (κ1) is 14.6. The normalized spacial score (nSPS) is 11.6. The number of benzene rings is 1. The van der Waals surface area contributed by atoms with Crippen LogP contribution in [-0.4, -0.2) is 12.2 Å². The van der Waals surface area contributed by atoms with Crippen LogP contribution in [0.2, 0.25) is 0 Å². The topological polar surface area (TPSA) is 47.3 Å². The van der Waals surface area contributed by atoms with Gasteiger partial charge in [0.2, 0.25) is 0 Å².